The molecule has 0 atom stereocenters. The van der Waals surface area contributed by atoms with E-state index in [2.05, 4.69) is 0 Å². The lowest BCUT2D eigenvalue weighted by Crippen LogP contribution is -2.50. The first-order valence-electron chi connectivity index (χ1n) is 8.46. The number of aryl methyl sites for hydroxylation is 1. The van der Waals surface area contributed by atoms with Crippen molar-refractivity contribution in [3.8, 4) is 0 Å². The van der Waals surface area contributed by atoms with Gasteiger partial charge in [-0.25, -0.2) is 0 Å². The highest BCUT2D eigenvalue weighted by Gasteiger charge is 2.29. The standard InChI is InChI=1S/C19H18ClN3O4/c1-13-2-4-14(5-3-13)18(24)21-8-10-22(11-9-21)19(25)16-7-6-15(20)12-17(16)23(26)27/h2-7,12H,8-11H2,1H3. The molecule has 0 radical (unpaired) electrons. The first kappa shape index (κ1) is 18.8. The van der Waals surface area contributed by atoms with Crippen LogP contribution < -0.4 is 0 Å². The van der Waals surface area contributed by atoms with Crippen molar-refractivity contribution in [2.75, 3.05) is 26.2 Å². The molecule has 0 saturated carbocycles. The van der Waals surface area contributed by atoms with Crippen LogP contribution in [0, 0.1) is 17.0 Å². The van der Waals surface area contributed by atoms with E-state index < -0.39 is 10.8 Å². The summed E-state index contributed by atoms with van der Waals surface area (Å²) in [4.78, 5) is 39.1. The van der Waals surface area contributed by atoms with E-state index in [1.807, 2.05) is 19.1 Å². The molecule has 0 aliphatic carbocycles. The first-order chi connectivity index (χ1) is 12.9. The van der Waals surface area contributed by atoms with Crippen LogP contribution in [0.15, 0.2) is 42.5 Å². The van der Waals surface area contributed by atoms with Gasteiger partial charge in [-0.05, 0) is 31.2 Å². The summed E-state index contributed by atoms with van der Waals surface area (Å²) >= 11 is 5.80. The quantitative estimate of drug-likeness (QED) is 0.598. The fourth-order valence-electron chi connectivity index (χ4n) is 3.00. The molecule has 0 unspecified atom stereocenters. The van der Waals surface area contributed by atoms with E-state index in [1.165, 1.54) is 23.1 Å². The van der Waals surface area contributed by atoms with E-state index in [9.17, 15) is 19.7 Å². The molecule has 2 aromatic carbocycles. The van der Waals surface area contributed by atoms with E-state index in [0.29, 0.717) is 31.7 Å². The van der Waals surface area contributed by atoms with Crippen molar-refractivity contribution in [3.05, 3.63) is 74.3 Å². The Labute approximate surface area is 161 Å². The molecule has 0 bridgehead atoms. The molecule has 2 amide bonds. The van der Waals surface area contributed by atoms with Gasteiger partial charge in [-0.2, -0.15) is 0 Å². The zero-order valence-electron chi connectivity index (χ0n) is 14.7. The van der Waals surface area contributed by atoms with Gasteiger partial charge in [0, 0.05) is 42.8 Å². The second kappa shape index (κ2) is 7.75. The number of amides is 2. The zero-order valence-corrected chi connectivity index (χ0v) is 15.5. The summed E-state index contributed by atoms with van der Waals surface area (Å²) in [5.74, 6) is -0.514. The fourth-order valence-corrected chi connectivity index (χ4v) is 3.16. The topological polar surface area (TPSA) is 83.8 Å². The molecule has 3 rings (SSSR count). The van der Waals surface area contributed by atoms with Crippen molar-refractivity contribution in [1.29, 1.82) is 0 Å². The smallest absolute Gasteiger partial charge is 0.283 e. The number of piperazine rings is 1. The highest BCUT2D eigenvalue weighted by molar-refractivity contribution is 6.31. The van der Waals surface area contributed by atoms with Gasteiger partial charge in [-0.3, -0.25) is 19.7 Å². The largest absolute Gasteiger partial charge is 0.335 e. The van der Waals surface area contributed by atoms with Crippen molar-refractivity contribution in [2.24, 2.45) is 0 Å². The van der Waals surface area contributed by atoms with Crippen LogP contribution in [0.4, 0.5) is 5.69 Å². The highest BCUT2D eigenvalue weighted by atomic mass is 35.5. The second-order valence-electron chi connectivity index (χ2n) is 6.37. The Balaban J connectivity index is 1.69. The van der Waals surface area contributed by atoms with Gasteiger partial charge in [0.15, 0.2) is 0 Å². The zero-order chi connectivity index (χ0) is 19.6. The van der Waals surface area contributed by atoms with Crippen LogP contribution in [-0.4, -0.2) is 52.7 Å². The predicted octanol–water partition coefficient (Wildman–Crippen LogP) is 3.15. The Hall–Kier alpha value is -2.93. The Bertz CT molecular complexity index is 890. The van der Waals surface area contributed by atoms with Crippen molar-refractivity contribution >= 4 is 29.1 Å². The SMILES string of the molecule is Cc1ccc(C(=O)N2CCN(C(=O)c3ccc(Cl)cc3[N+](=O)[O-])CC2)cc1. The van der Waals surface area contributed by atoms with Crippen molar-refractivity contribution in [3.63, 3.8) is 0 Å². The van der Waals surface area contributed by atoms with Gasteiger partial charge in [-0.15, -0.1) is 0 Å². The number of hydrogen-bond donors (Lipinski definition) is 0. The van der Waals surface area contributed by atoms with E-state index in [1.54, 1.807) is 17.0 Å². The molecule has 0 aromatic heterocycles. The van der Waals surface area contributed by atoms with Crippen LogP contribution in [0.5, 0.6) is 0 Å². The molecule has 1 fully saturated rings. The van der Waals surface area contributed by atoms with Crippen LogP contribution in [0.1, 0.15) is 26.3 Å². The van der Waals surface area contributed by atoms with Crippen LogP contribution in [0.2, 0.25) is 5.02 Å². The van der Waals surface area contributed by atoms with Gasteiger partial charge >= 0.3 is 0 Å². The molecule has 1 aliphatic rings. The molecule has 1 saturated heterocycles. The fraction of sp³-hybridized carbons (Fsp3) is 0.263. The van der Waals surface area contributed by atoms with E-state index in [4.69, 9.17) is 11.6 Å². The molecular formula is C19H18ClN3O4. The Morgan fingerprint density at radius 1 is 0.963 bits per heavy atom. The Morgan fingerprint density at radius 2 is 1.52 bits per heavy atom. The average Bonchev–Trinajstić information content (AvgIpc) is 2.67. The van der Waals surface area contributed by atoms with E-state index in [0.717, 1.165) is 5.56 Å². The lowest BCUT2D eigenvalue weighted by molar-refractivity contribution is -0.385. The monoisotopic (exact) mass is 387 g/mol. The predicted molar refractivity (Wildman–Crippen MR) is 101 cm³/mol. The van der Waals surface area contributed by atoms with Crippen molar-refractivity contribution < 1.29 is 14.5 Å². The minimum absolute atomic E-state index is 0.00251. The molecule has 0 N–H and O–H groups in total. The third-order valence-corrected chi connectivity index (χ3v) is 4.77. The Morgan fingerprint density at radius 3 is 2.07 bits per heavy atom. The summed E-state index contributed by atoms with van der Waals surface area (Å²) in [6, 6.07) is 11.3. The maximum atomic E-state index is 12.7. The number of carbonyl (C=O) groups is 2. The maximum Gasteiger partial charge on any atom is 0.283 e. The first-order valence-corrected chi connectivity index (χ1v) is 8.84. The normalized spacial score (nSPS) is 14.1. The van der Waals surface area contributed by atoms with Gasteiger partial charge in [0.2, 0.25) is 0 Å². The molecule has 7 nitrogen and oxygen atoms in total. The average molecular weight is 388 g/mol. The number of nitrogens with zero attached hydrogens (tertiary/aromatic N) is 3. The van der Waals surface area contributed by atoms with Gasteiger partial charge in [-0.1, -0.05) is 29.3 Å². The van der Waals surface area contributed by atoms with Crippen LogP contribution in [0.25, 0.3) is 0 Å². The minimum Gasteiger partial charge on any atom is -0.335 e. The number of halogens is 1. The summed E-state index contributed by atoms with van der Waals surface area (Å²) < 4.78 is 0. The maximum absolute atomic E-state index is 12.7. The summed E-state index contributed by atoms with van der Waals surface area (Å²) in [5, 5.41) is 11.4. The third-order valence-electron chi connectivity index (χ3n) is 4.54. The Kier molecular flexibility index (Phi) is 5.41. The highest BCUT2D eigenvalue weighted by Crippen LogP contribution is 2.25. The lowest BCUT2D eigenvalue weighted by atomic mass is 10.1. The van der Waals surface area contributed by atoms with Gasteiger partial charge in [0.1, 0.15) is 5.56 Å². The molecular weight excluding hydrogens is 370 g/mol. The summed E-state index contributed by atoms with van der Waals surface area (Å²) in [7, 11) is 0. The van der Waals surface area contributed by atoms with E-state index in [-0.39, 0.29) is 22.2 Å². The van der Waals surface area contributed by atoms with Crippen molar-refractivity contribution in [2.45, 2.75) is 6.92 Å². The molecule has 27 heavy (non-hydrogen) atoms. The molecule has 0 spiro atoms. The van der Waals surface area contributed by atoms with Crippen molar-refractivity contribution in [1.82, 2.24) is 9.80 Å². The third kappa shape index (κ3) is 4.09. The van der Waals surface area contributed by atoms with Gasteiger partial charge in [0.25, 0.3) is 17.5 Å². The summed E-state index contributed by atoms with van der Waals surface area (Å²) in [6.45, 7) is 3.33. The van der Waals surface area contributed by atoms with Crippen LogP contribution >= 0.6 is 11.6 Å². The molecule has 140 valence electrons. The van der Waals surface area contributed by atoms with Crippen LogP contribution in [-0.2, 0) is 0 Å². The molecule has 1 heterocycles. The molecule has 8 heteroatoms. The van der Waals surface area contributed by atoms with Gasteiger partial charge < -0.3 is 9.80 Å². The van der Waals surface area contributed by atoms with E-state index >= 15 is 0 Å². The number of nitro groups is 1. The number of hydrogen-bond acceptors (Lipinski definition) is 4. The number of benzene rings is 2. The number of carbonyl (C=O) groups excluding carboxylic acids is 2. The summed E-state index contributed by atoms with van der Waals surface area (Å²) in [6.07, 6.45) is 0. The second-order valence-corrected chi connectivity index (χ2v) is 6.81. The minimum atomic E-state index is -0.615. The van der Waals surface area contributed by atoms with Crippen LogP contribution in [0.3, 0.4) is 0 Å². The van der Waals surface area contributed by atoms with Gasteiger partial charge in [0.05, 0.1) is 4.92 Å². The number of nitro benzene ring substituents is 1. The lowest BCUT2D eigenvalue weighted by Gasteiger charge is -2.34. The summed E-state index contributed by atoms with van der Waals surface area (Å²) in [5.41, 5.74) is 1.37. The number of rotatable bonds is 3. The molecule has 2 aromatic rings. The molecule has 1 aliphatic heterocycles.